The van der Waals surface area contributed by atoms with Crippen molar-refractivity contribution in [1.29, 1.82) is 0 Å². The Balaban J connectivity index is 1.76. The fourth-order valence-electron chi connectivity index (χ4n) is 2.46. The monoisotopic (exact) mass is 454 g/mol. The van der Waals surface area contributed by atoms with Gasteiger partial charge < -0.3 is 15.4 Å². The lowest BCUT2D eigenvalue weighted by atomic mass is 10.1. The Morgan fingerprint density at radius 1 is 1.03 bits per heavy atom. The van der Waals surface area contributed by atoms with Gasteiger partial charge >= 0.3 is 6.36 Å². The number of nitrogens with one attached hydrogen (secondary N) is 2. The number of amides is 2. The zero-order chi connectivity index (χ0) is 22.8. The summed E-state index contributed by atoms with van der Waals surface area (Å²) in [7, 11) is 0. The molecule has 0 aliphatic carbocycles. The van der Waals surface area contributed by atoms with Crippen molar-refractivity contribution in [2.75, 3.05) is 10.6 Å². The molecule has 162 valence electrons. The van der Waals surface area contributed by atoms with Crippen molar-refractivity contribution in [3.8, 4) is 5.75 Å². The maximum atomic E-state index is 14.4. The predicted octanol–water partition coefficient (Wildman–Crippen LogP) is 4.70. The van der Waals surface area contributed by atoms with Crippen molar-refractivity contribution in [3.05, 3.63) is 63.5 Å². The topological polar surface area (TPSA) is 93.2 Å². The Morgan fingerprint density at radius 3 is 2.35 bits per heavy atom. The molecule has 3 aromatic rings. The van der Waals surface area contributed by atoms with Crippen LogP contribution < -0.4 is 15.4 Å². The van der Waals surface area contributed by atoms with Crippen molar-refractivity contribution < 1.29 is 31.9 Å². The van der Waals surface area contributed by atoms with Crippen molar-refractivity contribution in [2.24, 2.45) is 0 Å². The molecule has 31 heavy (non-hydrogen) atoms. The lowest BCUT2D eigenvalue weighted by Gasteiger charge is -2.12. The quantitative estimate of drug-likeness (QED) is 0.546. The van der Waals surface area contributed by atoms with Crippen molar-refractivity contribution in [1.82, 2.24) is 9.97 Å². The highest BCUT2D eigenvalue weighted by Gasteiger charge is 2.31. The molecule has 0 aliphatic rings. The number of thiazole rings is 1. The van der Waals surface area contributed by atoms with E-state index in [4.69, 9.17) is 0 Å². The van der Waals surface area contributed by atoms with Crippen molar-refractivity contribution >= 4 is 34.7 Å². The molecule has 0 radical (unpaired) electrons. The number of pyridine rings is 1. The molecule has 2 heterocycles. The Labute approximate surface area is 177 Å². The first-order valence-electron chi connectivity index (χ1n) is 8.59. The number of aromatic nitrogens is 2. The first kappa shape index (κ1) is 22.2. The van der Waals surface area contributed by atoms with Gasteiger partial charge in [-0.25, -0.2) is 14.4 Å². The van der Waals surface area contributed by atoms with Crippen LogP contribution in [0.3, 0.4) is 0 Å². The molecule has 0 atom stereocenters. The van der Waals surface area contributed by atoms with Crippen LogP contribution in [0.1, 0.15) is 30.6 Å². The number of carbonyl (C=O) groups is 2. The number of hydrogen-bond acceptors (Lipinski definition) is 6. The second-order valence-corrected chi connectivity index (χ2v) is 7.46. The van der Waals surface area contributed by atoms with E-state index >= 15 is 0 Å². The normalized spacial score (nSPS) is 11.2. The van der Waals surface area contributed by atoms with E-state index in [-0.39, 0.29) is 17.1 Å². The summed E-state index contributed by atoms with van der Waals surface area (Å²) in [4.78, 5) is 32.7. The molecular formula is C19H14F4N4O3S. The summed E-state index contributed by atoms with van der Waals surface area (Å²) in [5.74, 6) is -2.91. The second-order valence-electron chi connectivity index (χ2n) is 6.23. The predicted molar refractivity (Wildman–Crippen MR) is 105 cm³/mol. The zero-order valence-electron chi connectivity index (χ0n) is 16.0. The van der Waals surface area contributed by atoms with E-state index in [0.717, 1.165) is 30.5 Å². The van der Waals surface area contributed by atoms with Crippen LogP contribution in [0.5, 0.6) is 5.75 Å². The third-order valence-corrected chi connectivity index (χ3v) is 4.77. The lowest BCUT2D eigenvalue weighted by molar-refractivity contribution is -0.274. The first-order chi connectivity index (χ1) is 14.5. The van der Waals surface area contributed by atoms with Gasteiger partial charge in [0.15, 0.2) is 0 Å². The van der Waals surface area contributed by atoms with E-state index in [2.05, 4.69) is 25.3 Å². The minimum absolute atomic E-state index is 0.120. The Morgan fingerprint density at radius 2 is 1.77 bits per heavy atom. The molecule has 0 saturated heterocycles. The van der Waals surface area contributed by atoms with Crippen LogP contribution in [0.15, 0.2) is 36.7 Å². The molecule has 0 saturated carbocycles. The van der Waals surface area contributed by atoms with Crippen LogP contribution in [-0.4, -0.2) is 28.1 Å². The molecule has 0 fully saturated rings. The van der Waals surface area contributed by atoms with E-state index in [9.17, 15) is 27.2 Å². The summed E-state index contributed by atoms with van der Waals surface area (Å²) in [5, 5.41) is 5.57. The smallest absolute Gasteiger partial charge is 0.404 e. The highest BCUT2D eigenvalue weighted by atomic mass is 32.1. The minimum atomic E-state index is -4.88. The highest BCUT2D eigenvalue weighted by molar-refractivity contribution is 7.13. The Kier molecular flexibility index (Phi) is 6.20. The SMILES string of the molecule is Cc1ncc(C(=O)Nc2cc(C(=O)Nc3ccc(OC(F)(F)F)cn3)c(F)cc2C)s1. The van der Waals surface area contributed by atoms with Gasteiger partial charge in [0.2, 0.25) is 0 Å². The highest BCUT2D eigenvalue weighted by Crippen LogP contribution is 2.25. The standard InChI is InChI=1S/C19H14F4N4O3S/c1-9-5-13(20)12(6-14(9)26-18(29)15-8-24-10(2)31-15)17(28)27-16-4-3-11(7-25-16)30-19(21,22)23/h3-8H,1-2H3,(H,26,29)(H,25,27,28). The van der Waals surface area contributed by atoms with E-state index < -0.39 is 29.7 Å². The van der Waals surface area contributed by atoms with Crippen LogP contribution in [0.25, 0.3) is 0 Å². The largest absolute Gasteiger partial charge is 0.573 e. The molecule has 0 aliphatic heterocycles. The number of hydrogen-bond donors (Lipinski definition) is 2. The zero-order valence-corrected chi connectivity index (χ0v) is 16.8. The van der Waals surface area contributed by atoms with Gasteiger partial charge in [-0.05, 0) is 43.7 Å². The summed E-state index contributed by atoms with van der Waals surface area (Å²) in [6, 6.07) is 4.26. The number of alkyl halides is 3. The number of anilines is 2. The number of nitrogens with zero attached hydrogens (tertiary/aromatic N) is 2. The molecule has 0 bridgehead atoms. The average molecular weight is 454 g/mol. The first-order valence-corrected chi connectivity index (χ1v) is 9.40. The molecule has 3 rings (SSSR count). The summed E-state index contributed by atoms with van der Waals surface area (Å²) < 4.78 is 54.6. The van der Waals surface area contributed by atoms with E-state index in [1.54, 1.807) is 13.8 Å². The molecule has 2 N–H and O–H groups in total. The van der Waals surface area contributed by atoms with Crippen LogP contribution >= 0.6 is 11.3 Å². The fraction of sp³-hybridized carbons (Fsp3) is 0.158. The van der Waals surface area contributed by atoms with Crippen molar-refractivity contribution in [2.45, 2.75) is 20.2 Å². The average Bonchev–Trinajstić information content (AvgIpc) is 3.10. The molecular weight excluding hydrogens is 440 g/mol. The third-order valence-electron chi connectivity index (χ3n) is 3.86. The third kappa shape index (κ3) is 5.75. The van der Waals surface area contributed by atoms with Gasteiger partial charge in [-0.1, -0.05) is 0 Å². The summed E-state index contributed by atoms with van der Waals surface area (Å²) in [5.41, 5.74) is 0.207. The summed E-state index contributed by atoms with van der Waals surface area (Å²) in [6.07, 6.45) is -2.72. The maximum Gasteiger partial charge on any atom is 0.573 e. The fourth-order valence-corrected chi connectivity index (χ4v) is 3.14. The van der Waals surface area contributed by atoms with E-state index in [1.165, 1.54) is 17.5 Å². The molecule has 0 spiro atoms. The van der Waals surface area contributed by atoms with Crippen LogP contribution in [0.2, 0.25) is 0 Å². The Hall–Kier alpha value is -3.54. The van der Waals surface area contributed by atoms with Crippen LogP contribution in [0.4, 0.5) is 29.1 Å². The summed E-state index contributed by atoms with van der Waals surface area (Å²) in [6.45, 7) is 3.29. The second kappa shape index (κ2) is 8.68. The van der Waals surface area contributed by atoms with Gasteiger partial charge in [-0.15, -0.1) is 24.5 Å². The maximum absolute atomic E-state index is 14.4. The summed E-state index contributed by atoms with van der Waals surface area (Å²) >= 11 is 1.18. The minimum Gasteiger partial charge on any atom is -0.404 e. The molecule has 12 heteroatoms. The lowest BCUT2D eigenvalue weighted by Crippen LogP contribution is -2.18. The number of carbonyl (C=O) groups excluding carboxylic acids is 2. The van der Waals surface area contributed by atoms with E-state index in [0.29, 0.717) is 15.4 Å². The number of benzene rings is 1. The van der Waals surface area contributed by atoms with Gasteiger partial charge in [-0.3, -0.25) is 9.59 Å². The molecule has 1 aromatic carbocycles. The molecule has 2 amide bonds. The van der Waals surface area contributed by atoms with Crippen LogP contribution in [-0.2, 0) is 0 Å². The van der Waals surface area contributed by atoms with E-state index in [1.807, 2.05) is 0 Å². The number of halogens is 4. The van der Waals surface area contributed by atoms with Crippen molar-refractivity contribution in [3.63, 3.8) is 0 Å². The molecule has 7 nitrogen and oxygen atoms in total. The van der Waals surface area contributed by atoms with Gasteiger partial charge in [-0.2, -0.15) is 0 Å². The van der Waals surface area contributed by atoms with Gasteiger partial charge in [0.1, 0.15) is 22.3 Å². The molecule has 2 aromatic heterocycles. The Bertz CT molecular complexity index is 1130. The molecule has 0 unspecified atom stereocenters. The number of aryl methyl sites for hydroxylation is 2. The number of rotatable bonds is 5. The van der Waals surface area contributed by atoms with Gasteiger partial charge in [0.25, 0.3) is 11.8 Å². The van der Waals surface area contributed by atoms with Crippen LogP contribution in [0, 0.1) is 19.7 Å². The number of ether oxygens (including phenoxy) is 1. The van der Waals surface area contributed by atoms with Gasteiger partial charge in [0.05, 0.1) is 23.0 Å². The van der Waals surface area contributed by atoms with Gasteiger partial charge in [0, 0.05) is 5.69 Å².